The maximum Gasteiger partial charge on any atom is 0.280 e. The number of rotatable bonds is 5. The fraction of sp³-hybridized carbons (Fsp3) is 0.100. The molecule has 0 spiro atoms. The Morgan fingerprint density at radius 1 is 1.18 bits per heavy atom. The molecule has 8 heteroatoms. The summed E-state index contributed by atoms with van der Waals surface area (Å²) < 4.78 is 5.20. The van der Waals surface area contributed by atoms with Gasteiger partial charge in [-0.15, -0.1) is 0 Å². The van der Waals surface area contributed by atoms with Crippen molar-refractivity contribution in [3.8, 4) is 11.3 Å². The van der Waals surface area contributed by atoms with Gasteiger partial charge < -0.3 is 14.4 Å². The highest BCUT2D eigenvalue weighted by atomic mass is 16.6. The number of aromatic nitrogens is 2. The molecule has 1 N–H and O–H groups in total. The molecule has 0 bridgehead atoms. The smallest absolute Gasteiger partial charge is 0.280 e. The number of hydrogen-bond donors (Lipinski definition) is 1. The number of aromatic amines is 1. The van der Waals surface area contributed by atoms with Crippen molar-refractivity contribution in [1.82, 2.24) is 15.0 Å². The Balaban J connectivity index is 1.55. The lowest BCUT2D eigenvalue weighted by Crippen LogP contribution is -2.26. The Hall–Kier alpha value is -3.94. The first-order chi connectivity index (χ1) is 13.5. The summed E-state index contributed by atoms with van der Waals surface area (Å²) in [5, 5.41) is 16.1. The molecule has 0 saturated heterocycles. The van der Waals surface area contributed by atoms with Crippen LogP contribution in [0.1, 0.15) is 16.2 Å². The van der Waals surface area contributed by atoms with Gasteiger partial charge in [0.15, 0.2) is 11.5 Å². The Labute approximate surface area is 159 Å². The zero-order chi connectivity index (χ0) is 19.7. The molecule has 4 rings (SSSR count). The van der Waals surface area contributed by atoms with Crippen LogP contribution in [0.2, 0.25) is 0 Å². The van der Waals surface area contributed by atoms with E-state index in [0.717, 1.165) is 16.6 Å². The lowest BCUT2D eigenvalue weighted by atomic mass is 10.1. The van der Waals surface area contributed by atoms with E-state index in [-0.39, 0.29) is 28.6 Å². The van der Waals surface area contributed by atoms with E-state index in [2.05, 4.69) is 10.1 Å². The van der Waals surface area contributed by atoms with E-state index in [9.17, 15) is 14.9 Å². The number of hydrogen-bond acceptors (Lipinski definition) is 5. The van der Waals surface area contributed by atoms with Crippen LogP contribution in [-0.2, 0) is 6.54 Å². The molecule has 8 nitrogen and oxygen atoms in total. The van der Waals surface area contributed by atoms with Crippen LogP contribution in [0.5, 0.6) is 0 Å². The van der Waals surface area contributed by atoms with E-state index >= 15 is 0 Å². The van der Waals surface area contributed by atoms with Crippen molar-refractivity contribution in [3.05, 3.63) is 82.2 Å². The number of benzene rings is 2. The van der Waals surface area contributed by atoms with Crippen molar-refractivity contribution in [2.45, 2.75) is 6.54 Å². The zero-order valence-corrected chi connectivity index (χ0v) is 15.0. The number of fused-ring (bicyclic) bond motifs is 1. The Bertz CT molecular complexity index is 1140. The second kappa shape index (κ2) is 6.99. The van der Waals surface area contributed by atoms with Gasteiger partial charge in [-0.1, -0.05) is 35.5 Å². The van der Waals surface area contributed by atoms with Crippen LogP contribution in [0, 0.1) is 10.1 Å². The predicted octanol–water partition coefficient (Wildman–Crippen LogP) is 4.00. The third-order valence-corrected chi connectivity index (χ3v) is 4.44. The monoisotopic (exact) mass is 376 g/mol. The Kier molecular flexibility index (Phi) is 4.36. The van der Waals surface area contributed by atoms with Crippen LogP contribution in [0.3, 0.4) is 0 Å². The number of amides is 1. The topological polar surface area (TPSA) is 105 Å². The van der Waals surface area contributed by atoms with Gasteiger partial charge >= 0.3 is 0 Å². The molecule has 4 aromatic rings. The second-order valence-corrected chi connectivity index (χ2v) is 6.39. The normalized spacial score (nSPS) is 10.9. The van der Waals surface area contributed by atoms with Crippen molar-refractivity contribution in [3.63, 3.8) is 0 Å². The molecule has 0 fully saturated rings. The number of carbonyl (C=O) groups is 1. The standard InChI is InChI=1S/C20H16N4O4/c1-23(12-14-10-13-6-2-4-8-16(13)21-14)20(25)17-11-19(28-22-17)15-7-3-5-9-18(15)24(26)27/h2-11,21H,12H2,1H3. The summed E-state index contributed by atoms with van der Waals surface area (Å²) in [7, 11) is 1.66. The van der Waals surface area contributed by atoms with E-state index in [1.54, 1.807) is 25.2 Å². The summed E-state index contributed by atoms with van der Waals surface area (Å²) in [6, 6.07) is 17.4. The molecule has 2 aromatic heterocycles. The molecule has 0 aliphatic heterocycles. The molecular weight excluding hydrogens is 360 g/mol. The minimum absolute atomic E-state index is 0.0896. The maximum atomic E-state index is 12.7. The van der Waals surface area contributed by atoms with Gasteiger partial charge in [-0.2, -0.15) is 0 Å². The summed E-state index contributed by atoms with van der Waals surface area (Å²) in [5.41, 5.74) is 2.14. The van der Waals surface area contributed by atoms with Gasteiger partial charge in [0.05, 0.1) is 17.0 Å². The van der Waals surface area contributed by atoms with Crippen molar-refractivity contribution >= 4 is 22.5 Å². The van der Waals surface area contributed by atoms with Gasteiger partial charge in [0, 0.05) is 30.4 Å². The van der Waals surface area contributed by atoms with E-state index in [0.29, 0.717) is 6.54 Å². The summed E-state index contributed by atoms with van der Waals surface area (Å²) in [6.07, 6.45) is 0. The largest absolute Gasteiger partial charge is 0.357 e. The first-order valence-electron chi connectivity index (χ1n) is 8.55. The van der Waals surface area contributed by atoms with Crippen LogP contribution < -0.4 is 0 Å². The van der Waals surface area contributed by atoms with Crippen LogP contribution in [0.25, 0.3) is 22.2 Å². The number of H-pyrrole nitrogens is 1. The second-order valence-electron chi connectivity index (χ2n) is 6.39. The van der Waals surface area contributed by atoms with Crippen molar-refractivity contribution in [2.75, 3.05) is 7.05 Å². The van der Waals surface area contributed by atoms with Gasteiger partial charge in [-0.25, -0.2) is 0 Å². The van der Waals surface area contributed by atoms with E-state index < -0.39 is 4.92 Å². The van der Waals surface area contributed by atoms with Crippen LogP contribution in [-0.4, -0.2) is 32.9 Å². The van der Waals surface area contributed by atoms with Crippen LogP contribution in [0.15, 0.2) is 65.2 Å². The minimum Gasteiger partial charge on any atom is -0.357 e. The first-order valence-corrected chi connectivity index (χ1v) is 8.55. The third-order valence-electron chi connectivity index (χ3n) is 4.44. The zero-order valence-electron chi connectivity index (χ0n) is 15.0. The average Bonchev–Trinajstić information content (AvgIpc) is 3.34. The number of nitrogens with one attached hydrogen (secondary N) is 1. The molecule has 0 saturated carbocycles. The first kappa shape index (κ1) is 17.5. The summed E-state index contributed by atoms with van der Waals surface area (Å²) >= 11 is 0. The SMILES string of the molecule is CN(Cc1cc2ccccc2[nH]1)C(=O)c1cc(-c2ccccc2[N+](=O)[O-])on1. The number of nitrogens with zero attached hydrogens (tertiary/aromatic N) is 3. The highest BCUT2D eigenvalue weighted by Crippen LogP contribution is 2.30. The minimum atomic E-state index is -0.499. The fourth-order valence-electron chi connectivity index (χ4n) is 3.09. The molecule has 28 heavy (non-hydrogen) atoms. The lowest BCUT2D eigenvalue weighted by Gasteiger charge is -2.14. The molecule has 0 unspecified atom stereocenters. The molecule has 0 aliphatic rings. The third kappa shape index (κ3) is 3.23. The number of para-hydroxylation sites is 2. The molecule has 2 heterocycles. The lowest BCUT2D eigenvalue weighted by molar-refractivity contribution is -0.384. The average molecular weight is 376 g/mol. The molecule has 0 atom stereocenters. The quantitative estimate of drug-likeness (QED) is 0.419. The maximum absolute atomic E-state index is 12.7. The van der Waals surface area contributed by atoms with Gasteiger partial charge in [0.1, 0.15) is 0 Å². The number of nitro groups is 1. The highest BCUT2D eigenvalue weighted by molar-refractivity contribution is 5.93. The van der Waals surface area contributed by atoms with Gasteiger partial charge in [-0.3, -0.25) is 14.9 Å². The number of carbonyl (C=O) groups excluding carboxylic acids is 1. The van der Waals surface area contributed by atoms with Gasteiger partial charge in [-0.05, 0) is 23.6 Å². The molecular formula is C20H16N4O4. The molecule has 1 amide bonds. The van der Waals surface area contributed by atoms with E-state index in [4.69, 9.17) is 4.52 Å². The van der Waals surface area contributed by atoms with Crippen LogP contribution >= 0.6 is 0 Å². The van der Waals surface area contributed by atoms with Crippen LogP contribution in [0.4, 0.5) is 5.69 Å². The molecule has 140 valence electrons. The molecule has 2 aromatic carbocycles. The van der Waals surface area contributed by atoms with Gasteiger partial charge in [0.25, 0.3) is 11.6 Å². The Morgan fingerprint density at radius 2 is 1.93 bits per heavy atom. The van der Waals surface area contributed by atoms with Crippen molar-refractivity contribution in [1.29, 1.82) is 0 Å². The van der Waals surface area contributed by atoms with E-state index in [1.807, 2.05) is 30.3 Å². The van der Waals surface area contributed by atoms with Crippen molar-refractivity contribution < 1.29 is 14.2 Å². The molecule has 0 aliphatic carbocycles. The summed E-state index contributed by atoms with van der Waals surface area (Å²) in [6.45, 7) is 0.362. The number of nitro benzene ring substituents is 1. The highest BCUT2D eigenvalue weighted by Gasteiger charge is 2.22. The Morgan fingerprint density at radius 3 is 2.71 bits per heavy atom. The van der Waals surface area contributed by atoms with Gasteiger partial charge in [0.2, 0.25) is 0 Å². The fourth-order valence-corrected chi connectivity index (χ4v) is 3.09. The van der Waals surface area contributed by atoms with E-state index in [1.165, 1.54) is 17.0 Å². The summed E-state index contributed by atoms with van der Waals surface area (Å²) in [5.74, 6) is -0.165. The summed E-state index contributed by atoms with van der Waals surface area (Å²) in [4.78, 5) is 28.1. The van der Waals surface area contributed by atoms with Crippen molar-refractivity contribution in [2.24, 2.45) is 0 Å². The predicted molar refractivity (Wildman–Crippen MR) is 103 cm³/mol. The molecule has 0 radical (unpaired) electrons.